The number of primary amides is 1. The molecule has 0 aliphatic heterocycles. The first kappa shape index (κ1) is 29.5. The number of methoxy groups -OCH3 is 1. The van der Waals surface area contributed by atoms with Crippen LogP contribution in [-0.2, 0) is 5.41 Å². The van der Waals surface area contributed by atoms with Gasteiger partial charge >= 0.3 is 6.61 Å². The molecule has 10 heteroatoms. The van der Waals surface area contributed by atoms with Crippen molar-refractivity contribution in [2.45, 2.75) is 71.4 Å². The molecule has 3 rings (SSSR count). The summed E-state index contributed by atoms with van der Waals surface area (Å²) >= 11 is 0. The summed E-state index contributed by atoms with van der Waals surface area (Å²) in [5.74, 6) is -1.34. The highest BCUT2D eigenvalue weighted by molar-refractivity contribution is 5.99. The Labute approximate surface area is 216 Å². The zero-order valence-corrected chi connectivity index (χ0v) is 21.9. The number of fused-ring (bicyclic) bond motifs is 1. The van der Waals surface area contributed by atoms with Gasteiger partial charge in [-0.2, -0.15) is 14.0 Å². The second-order valence-electron chi connectivity index (χ2n) is 9.13. The fourth-order valence-corrected chi connectivity index (χ4v) is 3.65. The largest absolute Gasteiger partial charge is 0.496 e. The first-order valence-electron chi connectivity index (χ1n) is 12.1. The molecule has 0 aliphatic rings. The van der Waals surface area contributed by atoms with Crippen LogP contribution in [-0.4, -0.2) is 35.1 Å². The van der Waals surface area contributed by atoms with Gasteiger partial charge in [-0.3, -0.25) is 9.20 Å². The van der Waals surface area contributed by atoms with E-state index in [0.29, 0.717) is 22.9 Å². The number of imidazole rings is 1. The summed E-state index contributed by atoms with van der Waals surface area (Å²) in [5, 5.41) is 9.33. The number of rotatable bonds is 10. The smallest absolute Gasteiger partial charge is 0.387 e. The number of hydrogen-bond acceptors (Lipinski definition) is 6. The summed E-state index contributed by atoms with van der Waals surface area (Å²) in [7, 11) is 1.29. The van der Waals surface area contributed by atoms with Crippen LogP contribution in [0.15, 0.2) is 36.7 Å². The van der Waals surface area contributed by atoms with Crippen LogP contribution in [0.5, 0.6) is 11.5 Å². The van der Waals surface area contributed by atoms with E-state index in [4.69, 9.17) is 16.2 Å². The average molecular weight is 516 g/mol. The van der Waals surface area contributed by atoms with Gasteiger partial charge < -0.3 is 20.9 Å². The summed E-state index contributed by atoms with van der Waals surface area (Å²) in [4.78, 5) is 16.1. The highest BCUT2D eigenvalue weighted by atomic mass is 19.3. The molecule has 0 unspecified atom stereocenters. The molecule has 1 amide bonds. The van der Waals surface area contributed by atoms with Gasteiger partial charge in [0.1, 0.15) is 22.7 Å². The molecule has 2 heterocycles. The fourth-order valence-electron chi connectivity index (χ4n) is 3.65. The van der Waals surface area contributed by atoms with Gasteiger partial charge in [0.15, 0.2) is 0 Å². The molecule has 1 aromatic carbocycles. The topological polar surface area (TPSA) is 129 Å². The van der Waals surface area contributed by atoms with Crippen LogP contribution < -0.4 is 20.9 Å². The van der Waals surface area contributed by atoms with E-state index in [1.54, 1.807) is 42.8 Å². The Morgan fingerprint density at radius 3 is 2.46 bits per heavy atom. The number of aromatic nitrogens is 2. The molecule has 200 valence electrons. The van der Waals surface area contributed by atoms with Crippen molar-refractivity contribution >= 4 is 11.6 Å². The normalized spacial score (nSPS) is 12.0. The van der Waals surface area contributed by atoms with Gasteiger partial charge in [-0.05, 0) is 56.5 Å². The maximum absolute atomic E-state index is 12.9. The number of carbonyl (C=O) groups is 1. The summed E-state index contributed by atoms with van der Waals surface area (Å²) in [6.07, 6.45) is 8.16. The predicted molar refractivity (Wildman–Crippen MR) is 139 cm³/mol. The molecule has 3 aromatic rings. The molecule has 0 saturated heterocycles. The Kier molecular flexibility index (Phi) is 10.4. The van der Waals surface area contributed by atoms with Crippen molar-refractivity contribution in [2.75, 3.05) is 7.11 Å². The van der Waals surface area contributed by atoms with Crippen LogP contribution in [0.2, 0.25) is 0 Å². The molecule has 4 N–H and O–H groups in total. The molecule has 8 nitrogen and oxygen atoms in total. The number of halogens is 2. The van der Waals surface area contributed by atoms with E-state index in [-0.39, 0.29) is 17.1 Å². The first-order chi connectivity index (χ1) is 17.5. The standard InChI is InChI=1S/C20H18F2N4O3.C7H17N/c1-20(2,10-23)12-4-5-26-13(9-25-16(26)8-12)11-6-14(28-3)17(18(24)27)15(7-11)29-19(21)22;1-3-5-6-7(8)4-2/h4-9,19H,1-3H3,(H2,24,27);7H,3-6,8H2,1-2H3/t;7-/m.0/s1. The van der Waals surface area contributed by atoms with E-state index in [2.05, 4.69) is 29.6 Å². The average Bonchev–Trinajstić information content (AvgIpc) is 3.30. The number of alkyl halides is 2. The zero-order chi connectivity index (χ0) is 27.8. The van der Waals surface area contributed by atoms with E-state index in [1.165, 1.54) is 38.5 Å². The molecular weight excluding hydrogens is 480 g/mol. The van der Waals surface area contributed by atoms with Gasteiger partial charge in [-0.1, -0.05) is 26.7 Å². The Balaban J connectivity index is 0.000000521. The monoisotopic (exact) mass is 515 g/mol. The zero-order valence-electron chi connectivity index (χ0n) is 21.9. The maximum Gasteiger partial charge on any atom is 0.387 e. The number of unbranched alkanes of at least 4 members (excludes halogenated alkanes) is 1. The van der Waals surface area contributed by atoms with Crippen molar-refractivity contribution in [2.24, 2.45) is 11.5 Å². The molecular formula is C27H35F2N5O3. The number of nitrogens with zero attached hydrogens (tertiary/aromatic N) is 3. The second-order valence-corrected chi connectivity index (χ2v) is 9.13. The van der Waals surface area contributed by atoms with Gasteiger partial charge in [0.05, 0.1) is 30.5 Å². The quantitative estimate of drug-likeness (QED) is 0.371. The minimum Gasteiger partial charge on any atom is -0.496 e. The number of nitrogens with two attached hydrogens (primary N) is 2. The summed E-state index contributed by atoms with van der Waals surface area (Å²) in [5.41, 5.74) is 12.3. The van der Waals surface area contributed by atoms with Crippen LogP contribution >= 0.6 is 0 Å². The lowest BCUT2D eigenvalue weighted by Crippen LogP contribution is -2.17. The Bertz CT molecular complexity index is 1250. The number of benzene rings is 1. The number of carbonyl (C=O) groups excluding carboxylic acids is 1. The van der Waals surface area contributed by atoms with Crippen molar-refractivity contribution < 1.29 is 23.0 Å². The van der Waals surface area contributed by atoms with Crippen molar-refractivity contribution in [3.8, 4) is 28.8 Å². The van der Waals surface area contributed by atoms with Crippen LogP contribution in [0.1, 0.15) is 69.3 Å². The molecule has 0 bridgehead atoms. The Morgan fingerprint density at radius 1 is 1.24 bits per heavy atom. The highest BCUT2D eigenvalue weighted by Crippen LogP contribution is 2.36. The lowest BCUT2D eigenvalue weighted by atomic mass is 9.87. The van der Waals surface area contributed by atoms with Crippen LogP contribution in [0.25, 0.3) is 16.9 Å². The molecule has 2 aromatic heterocycles. The molecule has 0 saturated carbocycles. The van der Waals surface area contributed by atoms with E-state index in [1.807, 2.05) is 0 Å². The highest BCUT2D eigenvalue weighted by Gasteiger charge is 2.23. The second kappa shape index (κ2) is 13.0. The molecule has 0 radical (unpaired) electrons. The molecule has 0 aliphatic carbocycles. The van der Waals surface area contributed by atoms with Crippen LogP contribution in [0, 0.1) is 11.3 Å². The fraction of sp³-hybridized carbons (Fsp3) is 0.444. The Morgan fingerprint density at radius 2 is 1.92 bits per heavy atom. The minimum atomic E-state index is -3.15. The lowest BCUT2D eigenvalue weighted by molar-refractivity contribution is -0.0502. The van der Waals surface area contributed by atoms with Gasteiger partial charge in [0.25, 0.3) is 5.91 Å². The van der Waals surface area contributed by atoms with Gasteiger partial charge in [0.2, 0.25) is 0 Å². The number of nitriles is 1. The predicted octanol–water partition coefficient (Wildman–Crippen LogP) is 5.43. The van der Waals surface area contributed by atoms with E-state index in [0.717, 1.165) is 12.0 Å². The maximum atomic E-state index is 12.9. The van der Waals surface area contributed by atoms with Gasteiger partial charge in [-0.25, -0.2) is 4.98 Å². The van der Waals surface area contributed by atoms with E-state index in [9.17, 15) is 18.8 Å². The van der Waals surface area contributed by atoms with Crippen LogP contribution in [0.4, 0.5) is 8.78 Å². The van der Waals surface area contributed by atoms with Gasteiger partial charge in [0, 0.05) is 17.8 Å². The SMILES string of the molecule is CCCC[C@@H](N)CC.COc1cc(-c2cnc3cc(C(C)(C)C#N)ccn23)cc(OC(F)F)c1C(N)=O. The third kappa shape index (κ3) is 7.40. The minimum absolute atomic E-state index is 0.00262. The molecule has 37 heavy (non-hydrogen) atoms. The number of amides is 1. The van der Waals surface area contributed by atoms with E-state index >= 15 is 0 Å². The number of pyridine rings is 1. The third-order valence-electron chi connectivity index (χ3n) is 6.01. The van der Waals surface area contributed by atoms with E-state index < -0.39 is 17.9 Å². The first-order valence-corrected chi connectivity index (χ1v) is 12.1. The van der Waals surface area contributed by atoms with Crippen molar-refractivity contribution in [1.82, 2.24) is 9.38 Å². The number of ether oxygens (including phenoxy) is 2. The molecule has 0 spiro atoms. The number of hydrogen-bond donors (Lipinski definition) is 2. The summed E-state index contributed by atoms with van der Waals surface area (Å²) < 4.78 is 37.1. The molecule has 0 fully saturated rings. The third-order valence-corrected chi connectivity index (χ3v) is 6.01. The lowest BCUT2D eigenvalue weighted by Gasteiger charge is -2.16. The van der Waals surface area contributed by atoms with Crippen molar-refractivity contribution in [3.05, 3.63) is 47.8 Å². The molecule has 1 atom stereocenters. The van der Waals surface area contributed by atoms with Crippen LogP contribution in [0.3, 0.4) is 0 Å². The van der Waals surface area contributed by atoms with Gasteiger partial charge in [-0.15, -0.1) is 0 Å². The summed E-state index contributed by atoms with van der Waals surface area (Å²) in [6.45, 7) is 4.78. The Hall–Kier alpha value is -3.71. The van der Waals surface area contributed by atoms with Crippen molar-refractivity contribution in [3.63, 3.8) is 0 Å². The van der Waals surface area contributed by atoms with Crippen molar-refractivity contribution in [1.29, 1.82) is 5.26 Å². The summed E-state index contributed by atoms with van der Waals surface area (Å²) in [6, 6.07) is 9.03.